The molecule has 2 aliphatic heterocycles. The minimum atomic E-state index is -0.325. The molecule has 0 atom stereocenters. The number of benzene rings is 2. The van der Waals surface area contributed by atoms with Crippen molar-refractivity contribution in [2.24, 2.45) is 0 Å². The van der Waals surface area contributed by atoms with Crippen LogP contribution in [0.3, 0.4) is 0 Å². The summed E-state index contributed by atoms with van der Waals surface area (Å²) < 4.78 is 0. The van der Waals surface area contributed by atoms with E-state index in [1.54, 1.807) is 6.08 Å². The van der Waals surface area contributed by atoms with Gasteiger partial charge in [0.05, 0.1) is 5.57 Å². The van der Waals surface area contributed by atoms with Crippen LogP contribution in [-0.4, -0.2) is 36.3 Å². The molecule has 0 spiro atoms. The Labute approximate surface area is 171 Å². The molecule has 0 aromatic heterocycles. The lowest BCUT2D eigenvalue weighted by atomic mass is 10.0. The molecule has 4 rings (SSSR count). The molecule has 0 radical (unpaired) electrons. The van der Waals surface area contributed by atoms with Gasteiger partial charge in [-0.1, -0.05) is 35.9 Å². The van der Waals surface area contributed by atoms with E-state index < -0.39 is 0 Å². The quantitative estimate of drug-likeness (QED) is 0.602. The molecule has 2 aromatic carbocycles. The van der Waals surface area contributed by atoms with Crippen LogP contribution >= 0.6 is 0 Å². The predicted octanol–water partition coefficient (Wildman–Crippen LogP) is 3.97. The molecular weight excluding hydrogens is 362 g/mol. The molecule has 5 heteroatoms. The van der Waals surface area contributed by atoms with Gasteiger partial charge in [-0.3, -0.25) is 14.5 Å². The van der Waals surface area contributed by atoms with Crippen molar-refractivity contribution in [1.29, 1.82) is 0 Å². The van der Waals surface area contributed by atoms with Crippen LogP contribution in [-0.2, 0) is 9.59 Å². The zero-order valence-electron chi connectivity index (χ0n) is 16.6. The summed E-state index contributed by atoms with van der Waals surface area (Å²) >= 11 is 0. The van der Waals surface area contributed by atoms with Crippen molar-refractivity contribution in [3.05, 3.63) is 78.0 Å². The maximum atomic E-state index is 13.0. The first-order valence-electron chi connectivity index (χ1n) is 9.99. The van der Waals surface area contributed by atoms with E-state index in [0.717, 1.165) is 29.9 Å². The Balaban J connectivity index is 1.67. The second-order valence-corrected chi connectivity index (χ2v) is 7.49. The van der Waals surface area contributed by atoms with Crippen LogP contribution in [0.2, 0.25) is 0 Å². The molecule has 2 amide bonds. The van der Waals surface area contributed by atoms with E-state index in [9.17, 15) is 9.59 Å². The number of aryl methyl sites for hydroxylation is 1. The Morgan fingerprint density at radius 1 is 0.966 bits per heavy atom. The van der Waals surface area contributed by atoms with Gasteiger partial charge < -0.3 is 10.2 Å². The first kappa shape index (κ1) is 19.0. The summed E-state index contributed by atoms with van der Waals surface area (Å²) in [5.41, 5.74) is 4.52. The average Bonchev–Trinajstić information content (AvgIpc) is 3.34. The van der Waals surface area contributed by atoms with Crippen LogP contribution < -0.4 is 10.2 Å². The molecule has 0 unspecified atom stereocenters. The lowest BCUT2D eigenvalue weighted by molar-refractivity contribution is -0.136. The zero-order valence-corrected chi connectivity index (χ0v) is 16.6. The molecule has 1 saturated heterocycles. The third kappa shape index (κ3) is 3.68. The van der Waals surface area contributed by atoms with Crippen molar-refractivity contribution in [1.82, 2.24) is 4.90 Å². The Hall–Kier alpha value is -3.34. The van der Waals surface area contributed by atoms with Crippen molar-refractivity contribution in [3.8, 4) is 0 Å². The lowest BCUT2D eigenvalue weighted by Gasteiger charge is -2.18. The Morgan fingerprint density at radius 3 is 2.24 bits per heavy atom. The highest BCUT2D eigenvalue weighted by molar-refractivity contribution is 6.36. The third-order valence-electron chi connectivity index (χ3n) is 5.43. The number of amides is 2. The molecule has 29 heavy (non-hydrogen) atoms. The minimum absolute atomic E-state index is 0.187. The number of anilines is 2. The zero-order chi connectivity index (χ0) is 20.4. The van der Waals surface area contributed by atoms with E-state index in [2.05, 4.69) is 28.9 Å². The Morgan fingerprint density at radius 2 is 1.62 bits per heavy atom. The van der Waals surface area contributed by atoms with Crippen LogP contribution in [0.15, 0.2) is 66.9 Å². The summed E-state index contributed by atoms with van der Waals surface area (Å²) in [5.74, 6) is -0.621. The highest BCUT2D eigenvalue weighted by Crippen LogP contribution is 2.31. The first-order valence-corrected chi connectivity index (χ1v) is 9.99. The summed E-state index contributed by atoms with van der Waals surface area (Å²) in [7, 11) is 0. The number of nitrogens with zero attached hydrogens (tertiary/aromatic N) is 2. The van der Waals surface area contributed by atoms with Gasteiger partial charge in [0, 0.05) is 31.0 Å². The van der Waals surface area contributed by atoms with Crippen molar-refractivity contribution in [2.75, 3.05) is 29.9 Å². The molecule has 0 bridgehead atoms. The maximum Gasteiger partial charge on any atom is 0.278 e. The van der Waals surface area contributed by atoms with E-state index in [4.69, 9.17) is 0 Å². The van der Waals surface area contributed by atoms with Gasteiger partial charge in [-0.2, -0.15) is 0 Å². The number of hydrogen-bond acceptors (Lipinski definition) is 4. The summed E-state index contributed by atoms with van der Waals surface area (Å²) in [6, 6.07) is 15.7. The van der Waals surface area contributed by atoms with Crippen molar-refractivity contribution in [2.45, 2.75) is 19.8 Å². The topological polar surface area (TPSA) is 52.7 Å². The minimum Gasteiger partial charge on any atom is -0.372 e. The van der Waals surface area contributed by atoms with Gasteiger partial charge in [0.1, 0.15) is 5.70 Å². The van der Waals surface area contributed by atoms with Crippen molar-refractivity contribution >= 4 is 28.8 Å². The fraction of sp³-hybridized carbons (Fsp3) is 0.250. The summed E-state index contributed by atoms with van der Waals surface area (Å²) in [5, 5.41) is 3.21. The van der Waals surface area contributed by atoms with E-state index in [-0.39, 0.29) is 18.4 Å². The van der Waals surface area contributed by atoms with Crippen LogP contribution in [0.1, 0.15) is 24.0 Å². The number of carbonyl (C=O) groups is 2. The van der Waals surface area contributed by atoms with E-state index >= 15 is 0 Å². The molecule has 0 aliphatic carbocycles. The second-order valence-electron chi connectivity index (χ2n) is 7.49. The number of carbonyl (C=O) groups excluding carboxylic acids is 2. The van der Waals surface area contributed by atoms with E-state index in [1.807, 2.05) is 43.3 Å². The number of imide groups is 1. The lowest BCUT2D eigenvalue weighted by Crippen LogP contribution is -2.32. The van der Waals surface area contributed by atoms with E-state index in [0.29, 0.717) is 11.3 Å². The van der Waals surface area contributed by atoms with Gasteiger partial charge in [0.25, 0.3) is 11.8 Å². The van der Waals surface area contributed by atoms with E-state index in [1.165, 1.54) is 23.4 Å². The molecule has 148 valence electrons. The summed E-state index contributed by atoms with van der Waals surface area (Å²) in [6.07, 6.45) is 4.02. The van der Waals surface area contributed by atoms with Gasteiger partial charge in [0.15, 0.2) is 0 Å². The SMILES string of the molecule is C=CCN1C(=O)C(Nc2ccc(N3CCCC3)cc2)=C(c2ccc(C)cc2)C1=O. The molecule has 0 saturated carbocycles. The first-order chi connectivity index (χ1) is 14.1. The average molecular weight is 387 g/mol. The molecule has 2 aromatic rings. The molecule has 5 nitrogen and oxygen atoms in total. The van der Waals surface area contributed by atoms with Crippen LogP contribution in [0.4, 0.5) is 11.4 Å². The van der Waals surface area contributed by atoms with Crippen LogP contribution in [0.5, 0.6) is 0 Å². The molecule has 2 heterocycles. The van der Waals surface area contributed by atoms with Crippen LogP contribution in [0.25, 0.3) is 5.57 Å². The monoisotopic (exact) mass is 387 g/mol. The van der Waals surface area contributed by atoms with Crippen LogP contribution in [0, 0.1) is 6.92 Å². The third-order valence-corrected chi connectivity index (χ3v) is 5.43. The summed E-state index contributed by atoms with van der Waals surface area (Å²) in [6.45, 7) is 8.01. The smallest absolute Gasteiger partial charge is 0.278 e. The largest absolute Gasteiger partial charge is 0.372 e. The van der Waals surface area contributed by atoms with Crippen molar-refractivity contribution < 1.29 is 9.59 Å². The Kier molecular flexibility index (Phi) is 5.21. The van der Waals surface area contributed by atoms with Gasteiger partial charge >= 0.3 is 0 Å². The number of nitrogens with one attached hydrogen (secondary N) is 1. The normalized spacial score (nSPS) is 16.7. The van der Waals surface area contributed by atoms with Gasteiger partial charge in [-0.25, -0.2) is 0 Å². The Bertz CT molecular complexity index is 968. The highest BCUT2D eigenvalue weighted by atomic mass is 16.2. The summed E-state index contributed by atoms with van der Waals surface area (Å²) in [4.78, 5) is 29.5. The fourth-order valence-corrected chi connectivity index (χ4v) is 3.85. The highest BCUT2D eigenvalue weighted by Gasteiger charge is 2.38. The standard InChI is InChI=1S/C24H25N3O2/c1-3-14-27-23(28)21(18-8-6-17(2)7-9-18)22(24(27)29)25-19-10-12-20(13-11-19)26-15-4-5-16-26/h3,6-13,25H,1,4-5,14-16H2,2H3. The molecule has 2 aliphatic rings. The van der Waals surface area contributed by atoms with Gasteiger partial charge in [0.2, 0.25) is 0 Å². The molecule has 1 fully saturated rings. The maximum absolute atomic E-state index is 13.0. The molecule has 1 N–H and O–H groups in total. The van der Waals surface area contributed by atoms with Gasteiger partial charge in [-0.15, -0.1) is 6.58 Å². The predicted molar refractivity (Wildman–Crippen MR) is 117 cm³/mol. The van der Waals surface area contributed by atoms with Crippen molar-refractivity contribution in [3.63, 3.8) is 0 Å². The fourth-order valence-electron chi connectivity index (χ4n) is 3.85. The number of rotatable bonds is 6. The van der Waals surface area contributed by atoms with Gasteiger partial charge in [-0.05, 0) is 49.6 Å². The number of hydrogen-bond donors (Lipinski definition) is 1. The molecular formula is C24H25N3O2. The second kappa shape index (κ2) is 7.95.